The minimum Gasteiger partial charge on any atom is -0.466 e. The zero-order valence-corrected chi connectivity index (χ0v) is 8.30. The summed E-state index contributed by atoms with van der Waals surface area (Å²) in [6.45, 7) is 1.78. The SMILES string of the molecule is CCCC(=CS(=O)(=O)O)C(=O)OC. The van der Waals surface area contributed by atoms with Gasteiger partial charge in [-0.2, -0.15) is 8.42 Å². The Morgan fingerprint density at radius 3 is 2.38 bits per heavy atom. The second kappa shape index (κ2) is 4.98. The first-order valence-electron chi connectivity index (χ1n) is 3.67. The van der Waals surface area contributed by atoms with Crippen LogP contribution in [0.5, 0.6) is 0 Å². The van der Waals surface area contributed by atoms with Gasteiger partial charge in [0.1, 0.15) is 0 Å². The maximum atomic E-state index is 10.9. The summed E-state index contributed by atoms with van der Waals surface area (Å²) in [6, 6.07) is 0. The Morgan fingerprint density at radius 1 is 1.54 bits per heavy atom. The molecule has 0 bridgehead atoms. The Balaban J connectivity index is 4.81. The van der Waals surface area contributed by atoms with Crippen molar-refractivity contribution in [3.8, 4) is 0 Å². The fourth-order valence-corrected chi connectivity index (χ4v) is 1.36. The van der Waals surface area contributed by atoms with E-state index in [0.29, 0.717) is 11.8 Å². The van der Waals surface area contributed by atoms with E-state index in [1.165, 1.54) is 0 Å². The van der Waals surface area contributed by atoms with Crippen LogP contribution in [0, 0.1) is 0 Å². The van der Waals surface area contributed by atoms with Gasteiger partial charge < -0.3 is 4.74 Å². The molecule has 0 aliphatic rings. The summed E-state index contributed by atoms with van der Waals surface area (Å²) in [5, 5.41) is 0.516. The molecule has 0 aliphatic heterocycles. The summed E-state index contributed by atoms with van der Waals surface area (Å²) in [6.07, 6.45) is 0.850. The molecule has 0 rings (SSSR count). The molecule has 0 spiro atoms. The van der Waals surface area contributed by atoms with Gasteiger partial charge in [0, 0.05) is 0 Å². The third-order valence-corrected chi connectivity index (χ3v) is 1.84. The van der Waals surface area contributed by atoms with Crippen LogP contribution in [0.1, 0.15) is 19.8 Å². The van der Waals surface area contributed by atoms with Gasteiger partial charge in [0.15, 0.2) is 0 Å². The summed E-state index contributed by atoms with van der Waals surface area (Å²) in [5.41, 5.74) is -0.0486. The van der Waals surface area contributed by atoms with E-state index < -0.39 is 16.1 Å². The molecule has 0 atom stereocenters. The molecule has 0 aliphatic carbocycles. The highest BCUT2D eigenvalue weighted by Gasteiger charge is 2.12. The van der Waals surface area contributed by atoms with E-state index in [0.717, 1.165) is 7.11 Å². The Bertz CT molecular complexity index is 301. The van der Waals surface area contributed by atoms with Gasteiger partial charge in [0.25, 0.3) is 10.1 Å². The summed E-state index contributed by atoms with van der Waals surface area (Å²) in [5.74, 6) is -0.737. The number of carbonyl (C=O) groups is 1. The second-order valence-electron chi connectivity index (χ2n) is 2.40. The molecule has 0 fully saturated rings. The molecule has 76 valence electrons. The monoisotopic (exact) mass is 208 g/mol. The highest BCUT2D eigenvalue weighted by atomic mass is 32.2. The molecule has 0 radical (unpaired) electrons. The van der Waals surface area contributed by atoms with Crippen LogP contribution in [0.2, 0.25) is 0 Å². The molecule has 0 heterocycles. The smallest absolute Gasteiger partial charge is 0.334 e. The number of hydrogen-bond donors (Lipinski definition) is 1. The molecular formula is C7H12O5S. The van der Waals surface area contributed by atoms with Crippen LogP contribution in [0.4, 0.5) is 0 Å². The van der Waals surface area contributed by atoms with Crippen molar-refractivity contribution >= 4 is 16.1 Å². The first-order chi connectivity index (χ1) is 5.90. The lowest BCUT2D eigenvalue weighted by Gasteiger charge is -2.01. The standard InChI is InChI=1S/C7H12O5S/c1-3-4-6(7(8)12-2)5-13(9,10)11/h5H,3-4H2,1-2H3,(H,9,10,11). The van der Waals surface area contributed by atoms with E-state index >= 15 is 0 Å². The summed E-state index contributed by atoms with van der Waals surface area (Å²) in [4.78, 5) is 10.9. The van der Waals surface area contributed by atoms with Crippen molar-refractivity contribution < 1.29 is 22.5 Å². The highest BCUT2D eigenvalue weighted by Crippen LogP contribution is 2.08. The fraction of sp³-hybridized carbons (Fsp3) is 0.571. The lowest BCUT2D eigenvalue weighted by Crippen LogP contribution is -2.07. The fourth-order valence-electron chi connectivity index (χ4n) is 0.789. The molecule has 0 unspecified atom stereocenters. The van der Waals surface area contributed by atoms with Gasteiger partial charge in [0.2, 0.25) is 0 Å². The van der Waals surface area contributed by atoms with Gasteiger partial charge in [-0.15, -0.1) is 0 Å². The Morgan fingerprint density at radius 2 is 2.08 bits per heavy atom. The van der Waals surface area contributed by atoms with Crippen LogP contribution in [-0.4, -0.2) is 26.0 Å². The predicted molar refractivity (Wildman–Crippen MR) is 46.6 cm³/mol. The Kier molecular flexibility index (Phi) is 4.64. The largest absolute Gasteiger partial charge is 0.466 e. The van der Waals surface area contributed by atoms with E-state index in [1.807, 2.05) is 0 Å². The van der Waals surface area contributed by atoms with Crippen LogP contribution >= 0.6 is 0 Å². The minimum atomic E-state index is -4.26. The lowest BCUT2D eigenvalue weighted by molar-refractivity contribution is -0.136. The topological polar surface area (TPSA) is 80.7 Å². The van der Waals surface area contributed by atoms with Crippen molar-refractivity contribution in [1.29, 1.82) is 0 Å². The number of methoxy groups -OCH3 is 1. The number of hydrogen-bond acceptors (Lipinski definition) is 4. The number of carbonyl (C=O) groups excluding carboxylic acids is 1. The zero-order valence-electron chi connectivity index (χ0n) is 7.48. The van der Waals surface area contributed by atoms with Gasteiger partial charge >= 0.3 is 5.97 Å². The molecule has 6 heteroatoms. The van der Waals surface area contributed by atoms with E-state index in [-0.39, 0.29) is 12.0 Å². The minimum absolute atomic E-state index is 0.0486. The van der Waals surface area contributed by atoms with Crippen LogP contribution in [0.15, 0.2) is 11.0 Å². The molecule has 0 aromatic heterocycles. The average Bonchev–Trinajstić information content (AvgIpc) is 2.00. The zero-order chi connectivity index (χ0) is 10.5. The van der Waals surface area contributed by atoms with Crippen molar-refractivity contribution in [2.24, 2.45) is 0 Å². The van der Waals surface area contributed by atoms with Gasteiger partial charge in [-0.25, -0.2) is 4.79 Å². The second-order valence-corrected chi connectivity index (χ2v) is 3.67. The van der Waals surface area contributed by atoms with Gasteiger partial charge in [0.05, 0.1) is 18.1 Å². The first-order valence-corrected chi connectivity index (χ1v) is 5.17. The summed E-state index contributed by atoms with van der Waals surface area (Å²) in [7, 11) is -3.11. The summed E-state index contributed by atoms with van der Waals surface area (Å²) >= 11 is 0. The normalized spacial score (nSPS) is 12.7. The molecule has 0 saturated heterocycles. The number of esters is 1. The van der Waals surface area contributed by atoms with Crippen molar-refractivity contribution in [2.45, 2.75) is 19.8 Å². The van der Waals surface area contributed by atoms with Crippen LogP contribution < -0.4 is 0 Å². The first kappa shape index (κ1) is 12.1. The van der Waals surface area contributed by atoms with Gasteiger partial charge in [-0.3, -0.25) is 4.55 Å². The molecule has 0 aromatic carbocycles. The number of ether oxygens (including phenoxy) is 1. The molecule has 0 aromatic rings. The quantitative estimate of drug-likeness (QED) is 0.418. The molecule has 0 amide bonds. The highest BCUT2D eigenvalue weighted by molar-refractivity contribution is 7.88. The van der Waals surface area contributed by atoms with Crippen LogP contribution in [-0.2, 0) is 19.6 Å². The van der Waals surface area contributed by atoms with Crippen LogP contribution in [0.3, 0.4) is 0 Å². The average molecular weight is 208 g/mol. The summed E-state index contributed by atoms with van der Waals surface area (Å²) < 4.78 is 33.6. The van der Waals surface area contributed by atoms with Gasteiger partial charge in [-0.05, 0) is 6.42 Å². The van der Waals surface area contributed by atoms with Crippen molar-refractivity contribution in [1.82, 2.24) is 0 Å². The van der Waals surface area contributed by atoms with E-state index in [9.17, 15) is 13.2 Å². The van der Waals surface area contributed by atoms with Crippen molar-refractivity contribution in [3.05, 3.63) is 11.0 Å². The molecular weight excluding hydrogens is 196 g/mol. The predicted octanol–water partition coefficient (Wildman–Crippen LogP) is 0.731. The Hall–Kier alpha value is -0.880. The molecule has 1 N–H and O–H groups in total. The van der Waals surface area contributed by atoms with E-state index in [2.05, 4.69) is 4.74 Å². The lowest BCUT2D eigenvalue weighted by atomic mass is 10.2. The maximum Gasteiger partial charge on any atom is 0.334 e. The molecule has 13 heavy (non-hydrogen) atoms. The third kappa shape index (κ3) is 5.37. The molecule has 0 saturated carbocycles. The molecule has 5 nitrogen and oxygen atoms in total. The van der Waals surface area contributed by atoms with Crippen LogP contribution in [0.25, 0.3) is 0 Å². The maximum absolute atomic E-state index is 10.9. The van der Waals surface area contributed by atoms with E-state index in [1.54, 1.807) is 6.92 Å². The third-order valence-electron chi connectivity index (χ3n) is 1.26. The van der Waals surface area contributed by atoms with Gasteiger partial charge in [-0.1, -0.05) is 13.3 Å². The number of rotatable bonds is 4. The van der Waals surface area contributed by atoms with Crippen molar-refractivity contribution in [2.75, 3.05) is 7.11 Å². The van der Waals surface area contributed by atoms with E-state index in [4.69, 9.17) is 4.55 Å². The Labute approximate surface area is 77.1 Å². The van der Waals surface area contributed by atoms with Crippen molar-refractivity contribution in [3.63, 3.8) is 0 Å².